The third kappa shape index (κ3) is 5.06. The molecule has 5 nitrogen and oxygen atoms in total. The van der Waals surface area contributed by atoms with Crippen LogP contribution in [-0.4, -0.2) is 40.1 Å². The third-order valence-electron chi connectivity index (χ3n) is 6.02. The summed E-state index contributed by atoms with van der Waals surface area (Å²) >= 11 is 0. The number of carboxylic acid groups (broad SMARTS) is 1. The van der Waals surface area contributed by atoms with Gasteiger partial charge in [-0.3, -0.25) is 0 Å². The summed E-state index contributed by atoms with van der Waals surface area (Å²) in [6.45, 7) is -3.85. The Kier molecular flexibility index (Phi) is 4.24. The van der Waals surface area contributed by atoms with Gasteiger partial charge in [-0.05, 0) is 73.5 Å². The Balaban J connectivity index is 1.66. The van der Waals surface area contributed by atoms with Crippen molar-refractivity contribution in [3.8, 4) is 5.75 Å². The van der Waals surface area contributed by atoms with Crippen molar-refractivity contribution in [2.75, 3.05) is 6.61 Å². The summed E-state index contributed by atoms with van der Waals surface area (Å²) in [7, 11) is 0. The number of aliphatic hydroxyl groups is 2. The number of fused-ring (bicyclic) bond motifs is 2. The highest BCUT2D eigenvalue weighted by molar-refractivity contribution is 5.68. The normalized spacial score (nSPS) is 33.9. The molecule has 0 heterocycles. The van der Waals surface area contributed by atoms with Gasteiger partial charge in [-0.2, -0.15) is 0 Å². The van der Waals surface area contributed by atoms with Gasteiger partial charge in [0.2, 0.25) is 0 Å². The van der Waals surface area contributed by atoms with Gasteiger partial charge >= 0.3 is 5.97 Å². The SMILES string of the molecule is [2H]C([2H])([2H])C([2H])([2H])C([2H])([2H])C([2H])([2H])C[C@H](O)CC[C@@H]1[C@H]2Cc3cccc(OCC(=O)O)c3C[C@H]2C[C@H]1O. The zero-order valence-electron chi connectivity index (χ0n) is 24.7. The Morgan fingerprint density at radius 2 is 2.21 bits per heavy atom. The van der Waals surface area contributed by atoms with E-state index >= 15 is 0 Å². The van der Waals surface area contributed by atoms with Gasteiger partial charge in [0.15, 0.2) is 6.61 Å². The summed E-state index contributed by atoms with van der Waals surface area (Å²) < 4.78 is 74.7. The number of aliphatic carboxylic acids is 1. The summed E-state index contributed by atoms with van der Waals surface area (Å²) in [5.41, 5.74) is 1.93. The van der Waals surface area contributed by atoms with Crippen molar-refractivity contribution in [1.29, 1.82) is 0 Å². The second-order valence-electron chi connectivity index (χ2n) is 7.74. The Bertz CT molecular complexity index is 982. The number of aliphatic hydroxyl groups excluding tert-OH is 2. The van der Waals surface area contributed by atoms with Gasteiger partial charge in [0.1, 0.15) is 5.75 Å². The molecule has 1 fully saturated rings. The van der Waals surface area contributed by atoms with Crippen LogP contribution in [0.5, 0.6) is 5.75 Å². The third-order valence-corrected chi connectivity index (χ3v) is 6.02. The van der Waals surface area contributed by atoms with Gasteiger partial charge in [-0.15, -0.1) is 0 Å². The number of rotatable bonds is 10. The Morgan fingerprint density at radius 3 is 3.00 bits per heavy atom. The van der Waals surface area contributed by atoms with E-state index < -0.39 is 57.2 Å². The van der Waals surface area contributed by atoms with Crippen LogP contribution in [-0.2, 0) is 17.6 Å². The summed E-state index contributed by atoms with van der Waals surface area (Å²) in [6, 6.07) is 5.45. The molecule has 0 radical (unpaired) electrons. The number of hydrogen-bond acceptors (Lipinski definition) is 4. The zero-order chi connectivity index (χ0) is 28.0. The second kappa shape index (κ2) is 9.75. The van der Waals surface area contributed by atoms with E-state index in [0.29, 0.717) is 31.4 Å². The Morgan fingerprint density at radius 1 is 1.36 bits per heavy atom. The molecule has 1 aromatic carbocycles. The molecule has 3 rings (SSSR count). The maximum Gasteiger partial charge on any atom is 0.341 e. The van der Waals surface area contributed by atoms with E-state index in [4.69, 9.17) is 22.2 Å². The molecule has 2 aliphatic carbocycles. The standard InChI is InChI=1S/C23H34O5/c1-2-3-4-7-17(24)9-10-18-19-11-15-6-5-8-22(28-14-23(26)27)20(15)12-16(19)13-21(18)25/h5-6,8,16-19,21,24-25H,2-4,7,9-14H2,1H3,(H,26,27)/t16-,17-,18+,19-,21+/m0/s1/i1D3,2D2,3D2,4D2. The van der Waals surface area contributed by atoms with Gasteiger partial charge < -0.3 is 20.1 Å². The molecule has 156 valence electrons. The van der Waals surface area contributed by atoms with E-state index in [1.54, 1.807) is 12.1 Å². The van der Waals surface area contributed by atoms with Crippen molar-refractivity contribution in [2.24, 2.45) is 17.8 Å². The number of ether oxygens (including phenoxy) is 1. The smallest absolute Gasteiger partial charge is 0.341 e. The lowest BCUT2D eigenvalue weighted by Gasteiger charge is -2.32. The fraction of sp³-hybridized carbons (Fsp3) is 0.696. The minimum Gasteiger partial charge on any atom is -0.482 e. The van der Waals surface area contributed by atoms with Gasteiger partial charge in [0.05, 0.1) is 12.2 Å². The molecule has 28 heavy (non-hydrogen) atoms. The molecule has 1 saturated carbocycles. The molecule has 5 atom stereocenters. The molecule has 0 spiro atoms. The van der Waals surface area contributed by atoms with Crippen LogP contribution in [0.3, 0.4) is 0 Å². The first-order valence-corrected chi connectivity index (χ1v) is 9.70. The molecule has 0 saturated heterocycles. The molecule has 0 unspecified atom stereocenters. The summed E-state index contributed by atoms with van der Waals surface area (Å²) in [5.74, 6) is -0.565. The van der Waals surface area contributed by atoms with Gasteiger partial charge in [-0.1, -0.05) is 38.1 Å². The lowest BCUT2D eigenvalue weighted by molar-refractivity contribution is -0.139. The van der Waals surface area contributed by atoms with Gasteiger partial charge in [0, 0.05) is 12.3 Å². The van der Waals surface area contributed by atoms with E-state index in [1.807, 2.05) is 6.07 Å². The van der Waals surface area contributed by atoms with E-state index in [-0.39, 0.29) is 24.2 Å². The van der Waals surface area contributed by atoms with E-state index in [9.17, 15) is 15.0 Å². The van der Waals surface area contributed by atoms with Crippen LogP contribution in [0.2, 0.25) is 0 Å². The van der Waals surface area contributed by atoms with Crippen LogP contribution in [0.25, 0.3) is 0 Å². The van der Waals surface area contributed by atoms with E-state index in [1.165, 1.54) is 0 Å². The van der Waals surface area contributed by atoms with Crippen molar-refractivity contribution in [3.63, 3.8) is 0 Å². The molecular formula is C23H34O5. The summed E-state index contributed by atoms with van der Waals surface area (Å²) in [5, 5.41) is 30.2. The highest BCUT2D eigenvalue weighted by Crippen LogP contribution is 2.48. The molecule has 0 bridgehead atoms. The van der Waals surface area contributed by atoms with Gasteiger partial charge in [-0.25, -0.2) is 4.79 Å². The topological polar surface area (TPSA) is 87.0 Å². The molecular weight excluding hydrogens is 356 g/mol. The van der Waals surface area contributed by atoms with Gasteiger partial charge in [0.25, 0.3) is 0 Å². The molecule has 1 aromatic rings. The average Bonchev–Trinajstić information content (AvgIpc) is 3.07. The number of hydrogen-bond donors (Lipinski definition) is 3. The number of carbonyl (C=O) groups is 1. The maximum atomic E-state index is 10.9. The predicted octanol–water partition coefficient (Wildman–Crippen LogP) is 3.58. The number of benzene rings is 1. The fourth-order valence-corrected chi connectivity index (χ4v) is 4.78. The lowest BCUT2D eigenvalue weighted by atomic mass is 9.73. The monoisotopic (exact) mass is 399 g/mol. The molecule has 0 amide bonds. The first-order chi connectivity index (χ1) is 16.9. The number of carboxylic acids is 1. The molecule has 5 heteroatoms. The van der Waals surface area contributed by atoms with Crippen LogP contribution >= 0.6 is 0 Å². The summed E-state index contributed by atoms with van der Waals surface area (Å²) in [4.78, 5) is 10.9. The van der Waals surface area contributed by atoms with Crippen LogP contribution < -0.4 is 4.74 Å². The highest BCUT2D eigenvalue weighted by Gasteiger charge is 2.44. The highest BCUT2D eigenvalue weighted by atomic mass is 16.5. The maximum absolute atomic E-state index is 10.9. The molecule has 0 aromatic heterocycles. The van der Waals surface area contributed by atoms with E-state index in [2.05, 4.69) is 0 Å². The second-order valence-corrected chi connectivity index (χ2v) is 7.74. The average molecular weight is 400 g/mol. The zero-order valence-corrected chi connectivity index (χ0v) is 15.7. The van der Waals surface area contributed by atoms with Crippen LogP contribution in [0.15, 0.2) is 18.2 Å². The minimum absolute atomic E-state index is 0.0337. The van der Waals surface area contributed by atoms with Crippen molar-refractivity contribution in [3.05, 3.63) is 29.3 Å². The lowest BCUT2D eigenvalue weighted by Crippen LogP contribution is -2.28. The van der Waals surface area contributed by atoms with Crippen molar-refractivity contribution in [1.82, 2.24) is 0 Å². The molecule has 3 N–H and O–H groups in total. The first kappa shape index (κ1) is 12.2. The van der Waals surface area contributed by atoms with Crippen molar-refractivity contribution >= 4 is 5.97 Å². The Labute approximate surface area is 180 Å². The van der Waals surface area contributed by atoms with E-state index in [0.717, 1.165) is 11.1 Å². The summed E-state index contributed by atoms with van der Waals surface area (Å²) in [6.07, 6.45) is -10.5. The molecule has 0 aliphatic heterocycles. The van der Waals surface area contributed by atoms with Crippen molar-refractivity contribution < 1.29 is 37.2 Å². The van der Waals surface area contributed by atoms with Crippen molar-refractivity contribution in [2.45, 2.75) is 76.7 Å². The molecule has 2 aliphatic rings. The largest absolute Gasteiger partial charge is 0.482 e. The fourth-order valence-electron chi connectivity index (χ4n) is 4.78. The van der Waals surface area contributed by atoms with Crippen LogP contribution in [0.1, 0.15) is 75.1 Å². The predicted molar refractivity (Wildman–Crippen MR) is 107 cm³/mol. The van der Waals surface area contributed by atoms with Crippen LogP contribution in [0.4, 0.5) is 0 Å². The quantitative estimate of drug-likeness (QED) is 0.560. The minimum atomic E-state index is -3.47. The Hall–Kier alpha value is -1.59. The van der Waals surface area contributed by atoms with Crippen LogP contribution in [0, 0.1) is 17.8 Å². The first-order valence-electron chi connectivity index (χ1n) is 14.2.